The number of carboxylic acids is 1. The summed E-state index contributed by atoms with van der Waals surface area (Å²) in [6.45, 7) is 1.63. The first kappa shape index (κ1) is 19.9. The van der Waals surface area contributed by atoms with Crippen molar-refractivity contribution in [2.24, 2.45) is 0 Å². The van der Waals surface area contributed by atoms with E-state index in [1.807, 2.05) is 24.3 Å². The standard InChI is InChI=1S/C22H25NO5/c1-27-18-8-4-6-16(12-18)14-23(15-19-9-5-11-28-19)21(24)13-17-7-2-3-10-20(17)22(25)26/h2-4,6-8,10,12,19H,5,9,11,13-15H2,1H3,(H,25,26). The van der Waals surface area contributed by atoms with E-state index >= 15 is 0 Å². The highest BCUT2D eigenvalue weighted by molar-refractivity contribution is 5.91. The lowest BCUT2D eigenvalue weighted by atomic mass is 10.0. The molecule has 148 valence electrons. The van der Waals surface area contributed by atoms with Gasteiger partial charge >= 0.3 is 5.97 Å². The molecular formula is C22H25NO5. The Morgan fingerprint density at radius 2 is 2.04 bits per heavy atom. The highest BCUT2D eigenvalue weighted by Gasteiger charge is 2.24. The summed E-state index contributed by atoms with van der Waals surface area (Å²) in [5.74, 6) is -0.410. The summed E-state index contributed by atoms with van der Waals surface area (Å²) in [5, 5.41) is 9.38. The molecule has 2 aromatic rings. The average Bonchev–Trinajstić information content (AvgIpc) is 3.21. The normalized spacial score (nSPS) is 16.0. The minimum absolute atomic E-state index is 0.0178. The third kappa shape index (κ3) is 5.10. The number of carboxylic acid groups (broad SMARTS) is 1. The first-order valence-electron chi connectivity index (χ1n) is 9.40. The maximum absolute atomic E-state index is 13.1. The summed E-state index contributed by atoms with van der Waals surface area (Å²) in [6, 6.07) is 14.2. The molecule has 1 fully saturated rings. The molecule has 1 aliphatic rings. The van der Waals surface area contributed by atoms with Gasteiger partial charge in [-0.25, -0.2) is 4.79 Å². The van der Waals surface area contributed by atoms with Crippen molar-refractivity contribution in [1.29, 1.82) is 0 Å². The Balaban J connectivity index is 1.79. The zero-order chi connectivity index (χ0) is 19.9. The van der Waals surface area contributed by atoms with Crippen LogP contribution in [0.1, 0.15) is 34.3 Å². The Kier molecular flexibility index (Phi) is 6.66. The molecule has 28 heavy (non-hydrogen) atoms. The summed E-state index contributed by atoms with van der Waals surface area (Å²) >= 11 is 0. The third-order valence-corrected chi connectivity index (χ3v) is 4.90. The van der Waals surface area contributed by atoms with Crippen LogP contribution in [0.5, 0.6) is 5.75 Å². The van der Waals surface area contributed by atoms with Gasteiger partial charge in [-0.05, 0) is 42.2 Å². The van der Waals surface area contributed by atoms with E-state index in [9.17, 15) is 14.7 Å². The molecule has 3 rings (SSSR count). The number of benzene rings is 2. The average molecular weight is 383 g/mol. The molecule has 0 spiro atoms. The Bertz CT molecular complexity index is 829. The van der Waals surface area contributed by atoms with E-state index in [0.717, 1.165) is 24.2 Å². The fourth-order valence-electron chi connectivity index (χ4n) is 3.44. The topological polar surface area (TPSA) is 76.1 Å². The van der Waals surface area contributed by atoms with Crippen molar-refractivity contribution in [3.05, 3.63) is 65.2 Å². The maximum Gasteiger partial charge on any atom is 0.335 e. The number of nitrogens with zero attached hydrogens (tertiary/aromatic N) is 1. The van der Waals surface area contributed by atoms with E-state index < -0.39 is 5.97 Å². The van der Waals surface area contributed by atoms with Crippen molar-refractivity contribution < 1.29 is 24.2 Å². The lowest BCUT2D eigenvalue weighted by molar-refractivity contribution is -0.132. The van der Waals surface area contributed by atoms with Crippen LogP contribution in [0, 0.1) is 0 Å². The summed E-state index contributed by atoms with van der Waals surface area (Å²) in [6.07, 6.45) is 1.98. The Morgan fingerprint density at radius 3 is 2.75 bits per heavy atom. The number of aromatic carboxylic acids is 1. The SMILES string of the molecule is COc1cccc(CN(CC2CCCO2)C(=O)Cc2ccccc2C(=O)O)c1. The fraction of sp³-hybridized carbons (Fsp3) is 0.364. The molecule has 1 N–H and O–H groups in total. The number of carbonyl (C=O) groups excluding carboxylic acids is 1. The minimum Gasteiger partial charge on any atom is -0.497 e. The van der Waals surface area contributed by atoms with Crippen LogP contribution in [0.3, 0.4) is 0 Å². The molecule has 0 aliphatic carbocycles. The Labute approximate surface area is 164 Å². The molecular weight excluding hydrogens is 358 g/mol. The Hall–Kier alpha value is -2.86. The predicted octanol–water partition coefficient (Wildman–Crippen LogP) is 3.14. The van der Waals surface area contributed by atoms with Crippen molar-refractivity contribution in [2.75, 3.05) is 20.3 Å². The highest BCUT2D eigenvalue weighted by atomic mass is 16.5. The molecule has 0 saturated carbocycles. The van der Waals surface area contributed by atoms with Gasteiger partial charge in [0.1, 0.15) is 5.75 Å². The summed E-state index contributed by atoms with van der Waals surface area (Å²) < 4.78 is 11.0. The van der Waals surface area contributed by atoms with Gasteiger partial charge in [-0.15, -0.1) is 0 Å². The maximum atomic E-state index is 13.1. The number of carbonyl (C=O) groups is 2. The van der Waals surface area contributed by atoms with Crippen LogP contribution in [0.25, 0.3) is 0 Å². The van der Waals surface area contributed by atoms with E-state index in [1.165, 1.54) is 6.07 Å². The molecule has 1 atom stereocenters. The van der Waals surface area contributed by atoms with Crippen LogP contribution in [0.15, 0.2) is 48.5 Å². The van der Waals surface area contributed by atoms with Crippen molar-refractivity contribution in [1.82, 2.24) is 4.90 Å². The highest BCUT2D eigenvalue weighted by Crippen LogP contribution is 2.19. The number of rotatable bonds is 8. The molecule has 0 aromatic heterocycles. The lowest BCUT2D eigenvalue weighted by Gasteiger charge is -2.26. The van der Waals surface area contributed by atoms with Gasteiger partial charge in [0, 0.05) is 19.7 Å². The smallest absolute Gasteiger partial charge is 0.335 e. The minimum atomic E-state index is -1.03. The molecule has 6 nitrogen and oxygen atoms in total. The van der Waals surface area contributed by atoms with Gasteiger partial charge in [0.15, 0.2) is 0 Å². The molecule has 2 aromatic carbocycles. The van der Waals surface area contributed by atoms with E-state index in [-0.39, 0.29) is 24.0 Å². The van der Waals surface area contributed by atoms with Crippen molar-refractivity contribution in [3.63, 3.8) is 0 Å². The molecule has 6 heteroatoms. The Morgan fingerprint density at radius 1 is 1.21 bits per heavy atom. The first-order chi connectivity index (χ1) is 13.6. The number of hydrogen-bond acceptors (Lipinski definition) is 4. The van der Waals surface area contributed by atoms with Gasteiger partial charge in [-0.2, -0.15) is 0 Å². The van der Waals surface area contributed by atoms with Crippen molar-refractivity contribution in [2.45, 2.75) is 31.9 Å². The predicted molar refractivity (Wildman–Crippen MR) is 104 cm³/mol. The first-order valence-corrected chi connectivity index (χ1v) is 9.40. The van der Waals surface area contributed by atoms with E-state index in [1.54, 1.807) is 30.2 Å². The van der Waals surface area contributed by atoms with Gasteiger partial charge in [0.05, 0.1) is 25.2 Å². The van der Waals surface area contributed by atoms with Gasteiger partial charge in [-0.1, -0.05) is 30.3 Å². The summed E-state index contributed by atoms with van der Waals surface area (Å²) in [4.78, 5) is 26.3. The van der Waals surface area contributed by atoms with E-state index in [4.69, 9.17) is 9.47 Å². The summed E-state index contributed by atoms with van der Waals surface area (Å²) in [5.41, 5.74) is 1.63. The molecule has 1 aliphatic heterocycles. The number of amides is 1. The number of hydrogen-bond donors (Lipinski definition) is 1. The molecule has 1 amide bonds. The molecule has 1 heterocycles. The van der Waals surface area contributed by atoms with Crippen molar-refractivity contribution >= 4 is 11.9 Å². The van der Waals surface area contributed by atoms with Crippen LogP contribution < -0.4 is 4.74 Å². The zero-order valence-electron chi connectivity index (χ0n) is 16.0. The van der Waals surface area contributed by atoms with Crippen LogP contribution in [-0.4, -0.2) is 48.2 Å². The van der Waals surface area contributed by atoms with Gasteiger partial charge < -0.3 is 19.5 Å². The molecule has 1 saturated heterocycles. The van der Waals surface area contributed by atoms with E-state index in [2.05, 4.69) is 0 Å². The second-order valence-corrected chi connectivity index (χ2v) is 6.90. The monoisotopic (exact) mass is 383 g/mol. The summed E-state index contributed by atoms with van der Waals surface area (Å²) in [7, 11) is 1.61. The van der Waals surface area contributed by atoms with Crippen LogP contribution in [0.4, 0.5) is 0 Å². The number of methoxy groups -OCH3 is 1. The largest absolute Gasteiger partial charge is 0.497 e. The van der Waals surface area contributed by atoms with Crippen LogP contribution >= 0.6 is 0 Å². The van der Waals surface area contributed by atoms with Crippen LogP contribution in [-0.2, 0) is 22.5 Å². The molecule has 1 unspecified atom stereocenters. The quantitative estimate of drug-likeness (QED) is 0.758. The van der Waals surface area contributed by atoms with Gasteiger partial charge in [-0.3, -0.25) is 4.79 Å². The molecule has 0 bridgehead atoms. The van der Waals surface area contributed by atoms with Crippen LogP contribution in [0.2, 0.25) is 0 Å². The zero-order valence-corrected chi connectivity index (χ0v) is 16.0. The molecule has 0 radical (unpaired) electrons. The number of ether oxygens (including phenoxy) is 2. The van der Waals surface area contributed by atoms with Gasteiger partial charge in [0.2, 0.25) is 5.91 Å². The van der Waals surface area contributed by atoms with E-state index in [0.29, 0.717) is 25.3 Å². The fourth-order valence-corrected chi connectivity index (χ4v) is 3.44. The van der Waals surface area contributed by atoms with Crippen molar-refractivity contribution in [3.8, 4) is 5.75 Å². The second-order valence-electron chi connectivity index (χ2n) is 6.90. The third-order valence-electron chi connectivity index (χ3n) is 4.90. The lowest BCUT2D eigenvalue weighted by Crippen LogP contribution is -2.38. The second kappa shape index (κ2) is 9.37. The van der Waals surface area contributed by atoms with Gasteiger partial charge in [0.25, 0.3) is 0 Å².